The van der Waals surface area contributed by atoms with Crippen LogP contribution in [0.3, 0.4) is 0 Å². The summed E-state index contributed by atoms with van der Waals surface area (Å²) in [6.45, 7) is 4.18. The van der Waals surface area contributed by atoms with Crippen LogP contribution >= 0.6 is 12.4 Å². The van der Waals surface area contributed by atoms with Crippen molar-refractivity contribution in [1.29, 1.82) is 0 Å². The maximum Gasteiger partial charge on any atom is 0.136 e. The molecule has 0 radical (unpaired) electrons. The zero-order chi connectivity index (χ0) is 23.6. The van der Waals surface area contributed by atoms with E-state index in [4.69, 9.17) is 18.9 Å². The zero-order valence-corrected chi connectivity index (χ0v) is 21.8. The van der Waals surface area contributed by atoms with Crippen molar-refractivity contribution >= 4 is 12.4 Å². The van der Waals surface area contributed by atoms with E-state index in [0.717, 1.165) is 25.9 Å². The molecule has 6 rings (SSSR count). The van der Waals surface area contributed by atoms with Gasteiger partial charge in [-0.3, -0.25) is 4.90 Å². The highest BCUT2D eigenvalue weighted by Crippen LogP contribution is 2.80. The van der Waals surface area contributed by atoms with Crippen molar-refractivity contribution < 1.29 is 34.3 Å². The third-order valence-corrected chi connectivity index (χ3v) is 11.5. The number of nitrogens with zero attached hydrogens (tertiary/aromatic N) is 1. The second kappa shape index (κ2) is 7.98. The van der Waals surface area contributed by atoms with Crippen molar-refractivity contribution in [2.45, 2.75) is 74.3 Å². The van der Waals surface area contributed by atoms with Crippen molar-refractivity contribution in [3.63, 3.8) is 0 Å². The summed E-state index contributed by atoms with van der Waals surface area (Å²) in [5.41, 5.74) is -3.82. The summed E-state index contributed by atoms with van der Waals surface area (Å²) >= 11 is 0. The van der Waals surface area contributed by atoms with Gasteiger partial charge in [-0.05, 0) is 31.7 Å². The van der Waals surface area contributed by atoms with E-state index < -0.39 is 28.8 Å². The van der Waals surface area contributed by atoms with Crippen LogP contribution in [0.5, 0.6) is 0 Å². The average Bonchev–Trinajstić information content (AvgIpc) is 3.22. The normalized spacial score (nSPS) is 59.1. The van der Waals surface area contributed by atoms with Crippen molar-refractivity contribution in [3.8, 4) is 0 Å². The van der Waals surface area contributed by atoms with E-state index in [-0.39, 0.29) is 59.7 Å². The van der Waals surface area contributed by atoms with Crippen molar-refractivity contribution in [2.24, 2.45) is 34.5 Å². The third-order valence-electron chi connectivity index (χ3n) is 11.5. The van der Waals surface area contributed by atoms with Gasteiger partial charge in [-0.1, -0.05) is 6.92 Å². The average molecular weight is 504 g/mol. The predicted molar refractivity (Wildman–Crippen MR) is 126 cm³/mol. The van der Waals surface area contributed by atoms with Crippen molar-refractivity contribution in [3.05, 3.63) is 0 Å². The van der Waals surface area contributed by atoms with Crippen LogP contribution < -0.4 is 0 Å². The standard InChI is InChI=1S/C25H41NO7.ClH/c1-6-26-11-22(12-30-2)8-7-16(27)24-14-9-13-15(31-3)10-23(28,17(14)18(13)32-4)25(29,21(24)26)20(33-5)19(22)24;/h13-21,27-29H,6-12H2,1-5H3;1H/t13-,14-,15+,16?,17-,18+,19-,20+,21?,22+,23?,24+,25?;/m1./s1. The molecule has 7 bridgehead atoms. The number of piperidine rings is 1. The largest absolute Gasteiger partial charge is 0.392 e. The van der Waals surface area contributed by atoms with Crippen LogP contribution in [-0.2, 0) is 18.9 Å². The van der Waals surface area contributed by atoms with Gasteiger partial charge in [0.1, 0.15) is 11.2 Å². The number of rotatable bonds is 6. The minimum Gasteiger partial charge on any atom is -0.392 e. The van der Waals surface area contributed by atoms with Gasteiger partial charge in [0.05, 0.1) is 37.1 Å². The molecule has 5 aliphatic carbocycles. The fourth-order valence-corrected chi connectivity index (χ4v) is 11.0. The van der Waals surface area contributed by atoms with Crippen LogP contribution in [0.4, 0.5) is 0 Å². The highest BCUT2D eigenvalue weighted by atomic mass is 35.5. The van der Waals surface area contributed by atoms with E-state index in [1.807, 2.05) is 0 Å². The number of aliphatic hydroxyl groups excluding tert-OH is 1. The molecule has 0 amide bonds. The first-order chi connectivity index (χ1) is 15.8. The summed E-state index contributed by atoms with van der Waals surface area (Å²) in [6, 6.07) is -0.386. The molecule has 196 valence electrons. The van der Waals surface area contributed by atoms with Crippen LogP contribution in [0.25, 0.3) is 0 Å². The Hall–Kier alpha value is -0.0300. The maximum atomic E-state index is 12.9. The Labute approximate surface area is 208 Å². The van der Waals surface area contributed by atoms with E-state index in [0.29, 0.717) is 19.4 Å². The Morgan fingerprint density at radius 1 is 1.06 bits per heavy atom. The monoisotopic (exact) mass is 503 g/mol. The van der Waals surface area contributed by atoms with Crippen LogP contribution in [0.1, 0.15) is 32.6 Å². The zero-order valence-electron chi connectivity index (χ0n) is 21.0. The lowest BCUT2D eigenvalue weighted by molar-refractivity contribution is -0.318. The van der Waals surface area contributed by atoms with E-state index in [1.54, 1.807) is 28.4 Å². The van der Waals surface area contributed by atoms with Crippen LogP contribution in [0.15, 0.2) is 0 Å². The number of halogens is 1. The van der Waals surface area contributed by atoms with Gasteiger partial charge in [0, 0.05) is 70.0 Å². The number of methoxy groups -OCH3 is 4. The van der Waals surface area contributed by atoms with Crippen molar-refractivity contribution in [1.82, 2.24) is 4.90 Å². The Morgan fingerprint density at radius 2 is 1.79 bits per heavy atom. The van der Waals surface area contributed by atoms with Gasteiger partial charge in [-0.25, -0.2) is 0 Å². The summed E-state index contributed by atoms with van der Waals surface area (Å²) in [5.74, 6) is -0.231. The second-order valence-corrected chi connectivity index (χ2v) is 11.9. The number of aliphatic hydroxyl groups is 3. The molecule has 0 aromatic rings. The second-order valence-electron chi connectivity index (χ2n) is 11.9. The molecule has 9 heteroatoms. The third kappa shape index (κ3) is 2.40. The number of fused-ring (bicyclic) bond motifs is 2. The molecule has 1 spiro atoms. The van der Waals surface area contributed by atoms with Crippen LogP contribution in [-0.4, -0.2) is 110 Å². The topological polar surface area (TPSA) is 101 Å². The fourth-order valence-electron chi connectivity index (χ4n) is 11.0. The molecule has 3 N–H and O–H groups in total. The number of likely N-dealkylation sites (tertiary alicyclic amines) is 1. The molecule has 1 aliphatic heterocycles. The van der Waals surface area contributed by atoms with Gasteiger partial charge in [-0.2, -0.15) is 0 Å². The summed E-state index contributed by atoms with van der Waals surface area (Å²) in [4.78, 5) is 2.33. The molecule has 4 unspecified atom stereocenters. The molecule has 13 atom stereocenters. The van der Waals surface area contributed by atoms with Crippen LogP contribution in [0.2, 0.25) is 0 Å². The lowest BCUT2D eigenvalue weighted by atomic mass is 9.42. The van der Waals surface area contributed by atoms with Gasteiger partial charge in [0.2, 0.25) is 0 Å². The maximum absolute atomic E-state index is 12.9. The van der Waals surface area contributed by atoms with E-state index in [1.165, 1.54) is 0 Å². The fraction of sp³-hybridized carbons (Fsp3) is 1.00. The number of ether oxygens (including phenoxy) is 4. The molecule has 34 heavy (non-hydrogen) atoms. The quantitative estimate of drug-likeness (QED) is 0.487. The van der Waals surface area contributed by atoms with E-state index in [2.05, 4.69) is 11.8 Å². The first-order valence-corrected chi connectivity index (χ1v) is 12.7. The summed E-state index contributed by atoms with van der Waals surface area (Å²) in [7, 11) is 6.79. The summed E-state index contributed by atoms with van der Waals surface area (Å²) in [5, 5.41) is 37.6. The molecule has 0 aromatic heterocycles. The number of hydrogen-bond acceptors (Lipinski definition) is 8. The molecular weight excluding hydrogens is 462 g/mol. The number of hydrogen-bond donors (Lipinski definition) is 3. The SMILES string of the molecule is CCN1C[C@]2(COC)CCC(O)[C@]34C1C(O)([C@@H](OC)[C@H]23)C1(O)C[C@H](OC)[C@H]2C[C@@H]4[C@@H]1[C@H]2OC.Cl. The van der Waals surface area contributed by atoms with Gasteiger partial charge >= 0.3 is 0 Å². The lowest BCUT2D eigenvalue weighted by Crippen LogP contribution is -2.82. The Morgan fingerprint density at radius 3 is 2.38 bits per heavy atom. The molecule has 0 aromatic carbocycles. The first-order valence-electron chi connectivity index (χ1n) is 12.7. The minimum atomic E-state index is -1.55. The Kier molecular flexibility index (Phi) is 6.01. The highest BCUT2D eigenvalue weighted by molar-refractivity contribution is 5.85. The lowest BCUT2D eigenvalue weighted by Gasteiger charge is -2.69. The molecule has 5 saturated carbocycles. The number of likely N-dealkylation sites (N-methyl/N-ethyl adjacent to an activating group) is 1. The Bertz CT molecular complexity index is 820. The Balaban J connectivity index is 0.00000241. The van der Waals surface area contributed by atoms with Gasteiger partial charge in [0.15, 0.2) is 0 Å². The smallest absolute Gasteiger partial charge is 0.136 e. The molecule has 8 nitrogen and oxygen atoms in total. The van der Waals surface area contributed by atoms with Crippen molar-refractivity contribution in [2.75, 3.05) is 48.1 Å². The predicted octanol–water partition coefficient (Wildman–Crippen LogP) is 0.693. The van der Waals surface area contributed by atoms with Gasteiger partial charge < -0.3 is 34.3 Å². The highest BCUT2D eigenvalue weighted by Gasteiger charge is 2.91. The molecule has 6 aliphatic rings. The minimum absolute atomic E-state index is 0. The van der Waals surface area contributed by atoms with E-state index >= 15 is 0 Å². The summed E-state index contributed by atoms with van der Waals surface area (Å²) in [6.07, 6.45) is 1.06. The van der Waals surface area contributed by atoms with Gasteiger partial charge in [0.25, 0.3) is 0 Å². The molecule has 6 fully saturated rings. The summed E-state index contributed by atoms with van der Waals surface area (Å²) < 4.78 is 24.0. The molecule has 1 heterocycles. The van der Waals surface area contributed by atoms with Gasteiger partial charge in [-0.15, -0.1) is 12.4 Å². The van der Waals surface area contributed by atoms with E-state index in [9.17, 15) is 15.3 Å². The first kappa shape index (κ1) is 25.6. The van der Waals surface area contributed by atoms with Crippen LogP contribution in [0, 0.1) is 34.5 Å². The molecule has 1 saturated heterocycles. The molecular formula is C25H42ClNO7.